The Bertz CT molecular complexity index is 1730. The standard InChI is InChI=1S/C31H31Cl2N5O5/c1-17-19(6-5-9-23(17)35-29(40)22-14-27(32)37-38(2)31(22)41)20-7-4-8-21(28(20)33)24-11-10-18(30(36-24)42-3)15-34-25-12-13-43-16-26(25)39/h4-11,14,25-26,34,39H,12-13,15-16H2,1-3H3,(H,35,40)/t25-,26+/m1/s1. The number of anilines is 1. The Morgan fingerprint density at radius 1 is 1.14 bits per heavy atom. The summed E-state index contributed by atoms with van der Waals surface area (Å²) in [5.41, 5.74) is 4.34. The summed E-state index contributed by atoms with van der Waals surface area (Å²) < 4.78 is 11.9. The van der Waals surface area contributed by atoms with Crippen molar-refractivity contribution in [3.05, 3.63) is 91.8 Å². The van der Waals surface area contributed by atoms with Crippen molar-refractivity contribution in [2.45, 2.75) is 32.0 Å². The number of hydrogen-bond acceptors (Lipinski definition) is 8. The van der Waals surface area contributed by atoms with Gasteiger partial charge in [0.15, 0.2) is 5.15 Å². The van der Waals surface area contributed by atoms with E-state index in [-0.39, 0.29) is 16.8 Å². The molecule has 1 aliphatic rings. The Morgan fingerprint density at radius 2 is 1.88 bits per heavy atom. The Labute approximate surface area is 258 Å². The summed E-state index contributed by atoms with van der Waals surface area (Å²) in [4.78, 5) is 30.2. The summed E-state index contributed by atoms with van der Waals surface area (Å²) in [6, 6.07) is 16.1. The van der Waals surface area contributed by atoms with Crippen LogP contribution in [0.15, 0.2) is 59.4 Å². The molecule has 1 saturated heterocycles. The maximum Gasteiger partial charge on any atom is 0.279 e. The van der Waals surface area contributed by atoms with Crippen LogP contribution in [0, 0.1) is 6.92 Å². The predicted molar refractivity (Wildman–Crippen MR) is 166 cm³/mol. The maximum absolute atomic E-state index is 13.0. The van der Waals surface area contributed by atoms with Gasteiger partial charge in [-0.15, -0.1) is 0 Å². The summed E-state index contributed by atoms with van der Waals surface area (Å²) >= 11 is 13.0. The first-order valence-corrected chi connectivity index (χ1v) is 14.4. The monoisotopic (exact) mass is 623 g/mol. The van der Waals surface area contributed by atoms with E-state index in [0.717, 1.165) is 33.4 Å². The van der Waals surface area contributed by atoms with Crippen LogP contribution >= 0.6 is 23.2 Å². The first kappa shape index (κ1) is 30.7. The lowest BCUT2D eigenvalue weighted by atomic mass is 9.96. The SMILES string of the molecule is COc1nc(-c2cccc(-c3cccc(NC(=O)c4cc(Cl)nn(C)c4=O)c3C)c2Cl)ccc1CN[C@@H]1CCOC[C@@H]1O. The number of carbonyl (C=O) groups is 1. The Kier molecular flexibility index (Phi) is 9.43. The summed E-state index contributed by atoms with van der Waals surface area (Å²) in [6.07, 6.45) is 0.156. The molecule has 1 amide bonds. The van der Waals surface area contributed by atoms with Crippen LogP contribution in [0.1, 0.15) is 27.9 Å². The lowest BCUT2D eigenvalue weighted by Gasteiger charge is -2.28. The highest BCUT2D eigenvalue weighted by Crippen LogP contribution is 2.39. The van der Waals surface area contributed by atoms with Gasteiger partial charge >= 0.3 is 0 Å². The minimum absolute atomic E-state index is 0.0361. The summed E-state index contributed by atoms with van der Waals surface area (Å²) in [7, 11) is 3.00. The van der Waals surface area contributed by atoms with Crippen molar-refractivity contribution in [1.29, 1.82) is 0 Å². The minimum Gasteiger partial charge on any atom is -0.481 e. The van der Waals surface area contributed by atoms with Crippen molar-refractivity contribution in [1.82, 2.24) is 20.1 Å². The lowest BCUT2D eigenvalue weighted by Crippen LogP contribution is -2.46. The van der Waals surface area contributed by atoms with Crippen molar-refractivity contribution in [3.63, 3.8) is 0 Å². The highest BCUT2D eigenvalue weighted by molar-refractivity contribution is 6.36. The normalized spacial score (nSPS) is 16.6. The topological polar surface area (TPSA) is 128 Å². The van der Waals surface area contributed by atoms with Crippen LogP contribution < -0.4 is 20.9 Å². The van der Waals surface area contributed by atoms with Crippen LogP contribution in [0.25, 0.3) is 22.4 Å². The molecule has 4 aromatic rings. The van der Waals surface area contributed by atoms with Crippen molar-refractivity contribution >= 4 is 34.8 Å². The second kappa shape index (κ2) is 13.2. The van der Waals surface area contributed by atoms with Gasteiger partial charge in [0.2, 0.25) is 5.88 Å². The number of amides is 1. The van der Waals surface area contributed by atoms with Crippen LogP contribution in [0.4, 0.5) is 5.69 Å². The Balaban J connectivity index is 1.41. The van der Waals surface area contributed by atoms with Gasteiger partial charge in [-0.25, -0.2) is 9.67 Å². The van der Waals surface area contributed by atoms with Crippen LogP contribution in [-0.2, 0) is 18.3 Å². The number of methoxy groups -OCH3 is 1. The molecule has 43 heavy (non-hydrogen) atoms. The fraction of sp³-hybridized carbons (Fsp3) is 0.290. The lowest BCUT2D eigenvalue weighted by molar-refractivity contribution is -0.0281. The zero-order valence-electron chi connectivity index (χ0n) is 23.9. The maximum atomic E-state index is 13.0. The van der Waals surface area contributed by atoms with E-state index in [0.29, 0.717) is 47.6 Å². The van der Waals surface area contributed by atoms with E-state index in [2.05, 4.69) is 15.7 Å². The third kappa shape index (κ3) is 6.58. The van der Waals surface area contributed by atoms with E-state index in [9.17, 15) is 14.7 Å². The first-order chi connectivity index (χ1) is 20.7. The first-order valence-electron chi connectivity index (χ1n) is 13.6. The molecular weight excluding hydrogens is 593 g/mol. The molecule has 12 heteroatoms. The molecule has 1 fully saturated rings. The van der Waals surface area contributed by atoms with Crippen molar-refractivity contribution in [3.8, 4) is 28.3 Å². The molecule has 2 aromatic carbocycles. The van der Waals surface area contributed by atoms with Gasteiger partial charge in [-0.3, -0.25) is 9.59 Å². The highest BCUT2D eigenvalue weighted by Gasteiger charge is 2.24. The molecule has 1 aliphatic heterocycles. The smallest absolute Gasteiger partial charge is 0.279 e. The van der Waals surface area contributed by atoms with E-state index >= 15 is 0 Å². The Morgan fingerprint density at radius 3 is 2.65 bits per heavy atom. The predicted octanol–water partition coefficient (Wildman–Crippen LogP) is 4.62. The number of hydrogen-bond donors (Lipinski definition) is 3. The number of nitrogens with one attached hydrogen (secondary N) is 2. The van der Waals surface area contributed by atoms with Gasteiger partial charge < -0.3 is 25.2 Å². The van der Waals surface area contributed by atoms with Crippen LogP contribution in [0.2, 0.25) is 10.2 Å². The third-order valence-corrected chi connectivity index (χ3v) is 8.03. The Hall–Kier alpha value is -3.80. The molecule has 0 saturated carbocycles. The van der Waals surface area contributed by atoms with Gasteiger partial charge in [0, 0.05) is 48.6 Å². The number of pyridine rings is 1. The average molecular weight is 625 g/mol. The van der Waals surface area contributed by atoms with E-state index in [4.69, 9.17) is 37.7 Å². The van der Waals surface area contributed by atoms with E-state index in [1.807, 2.05) is 43.3 Å². The summed E-state index contributed by atoms with van der Waals surface area (Å²) in [5, 5.41) is 20.7. The van der Waals surface area contributed by atoms with Gasteiger partial charge in [0.25, 0.3) is 11.5 Å². The molecule has 0 radical (unpaired) electrons. The second-order valence-corrected chi connectivity index (χ2v) is 11.0. The van der Waals surface area contributed by atoms with E-state index < -0.39 is 17.6 Å². The second-order valence-electron chi connectivity index (χ2n) is 10.2. The zero-order valence-corrected chi connectivity index (χ0v) is 25.4. The number of halogens is 2. The number of aliphatic hydroxyl groups is 1. The van der Waals surface area contributed by atoms with Crippen LogP contribution in [-0.4, -0.2) is 58.2 Å². The van der Waals surface area contributed by atoms with Crippen molar-refractivity contribution in [2.24, 2.45) is 7.05 Å². The summed E-state index contributed by atoms with van der Waals surface area (Å²) in [5.74, 6) is -0.140. The molecule has 0 bridgehead atoms. The molecule has 3 N–H and O–H groups in total. The number of benzene rings is 2. The number of rotatable bonds is 8. The molecule has 10 nitrogen and oxygen atoms in total. The third-order valence-electron chi connectivity index (χ3n) is 7.44. The van der Waals surface area contributed by atoms with Crippen molar-refractivity contribution < 1.29 is 19.4 Å². The molecule has 2 aromatic heterocycles. The number of aromatic nitrogens is 3. The molecule has 224 valence electrons. The van der Waals surface area contributed by atoms with Gasteiger partial charge in [0.05, 0.1) is 30.5 Å². The van der Waals surface area contributed by atoms with Gasteiger partial charge in [0.1, 0.15) is 5.56 Å². The fourth-order valence-electron chi connectivity index (χ4n) is 5.06. The van der Waals surface area contributed by atoms with Crippen LogP contribution in [0.3, 0.4) is 0 Å². The number of aryl methyl sites for hydroxylation is 1. The van der Waals surface area contributed by atoms with Crippen LogP contribution in [0.5, 0.6) is 5.88 Å². The molecule has 0 unspecified atom stereocenters. The fourth-order valence-corrected chi connectivity index (χ4v) is 5.61. The van der Waals surface area contributed by atoms with Gasteiger partial charge in [-0.2, -0.15) is 5.10 Å². The average Bonchev–Trinajstić information content (AvgIpc) is 3.00. The number of aliphatic hydroxyl groups excluding tert-OH is 1. The van der Waals surface area contributed by atoms with E-state index in [1.165, 1.54) is 13.1 Å². The molecule has 0 spiro atoms. The van der Waals surface area contributed by atoms with Gasteiger partial charge in [-0.1, -0.05) is 59.6 Å². The quantitative estimate of drug-likeness (QED) is 0.259. The zero-order chi connectivity index (χ0) is 30.7. The minimum atomic E-state index is -0.595. The number of nitrogens with zero attached hydrogens (tertiary/aromatic N) is 3. The molecule has 5 rings (SSSR count). The van der Waals surface area contributed by atoms with Gasteiger partial charge in [-0.05, 0) is 42.7 Å². The van der Waals surface area contributed by atoms with E-state index in [1.54, 1.807) is 19.2 Å². The highest BCUT2D eigenvalue weighted by atomic mass is 35.5. The number of carbonyl (C=O) groups excluding carboxylic acids is 1. The molecular formula is C31H31Cl2N5O5. The largest absolute Gasteiger partial charge is 0.481 e. The molecule has 3 heterocycles. The summed E-state index contributed by atoms with van der Waals surface area (Å²) in [6.45, 7) is 3.26. The number of ether oxygens (including phenoxy) is 2. The van der Waals surface area contributed by atoms with Crippen molar-refractivity contribution in [2.75, 3.05) is 25.6 Å². The molecule has 2 atom stereocenters. The molecule has 0 aliphatic carbocycles.